The summed E-state index contributed by atoms with van der Waals surface area (Å²) in [7, 11) is 0. The number of urea groups is 1. The second-order valence-corrected chi connectivity index (χ2v) is 8.77. The van der Waals surface area contributed by atoms with Crippen LogP contribution in [0, 0.1) is 13.8 Å². The lowest BCUT2D eigenvalue weighted by Crippen LogP contribution is -2.38. The molecule has 1 aliphatic rings. The SMILES string of the molecule is CCOc1ccc(C2c3cccn3-c3ccccc3CN2C(=O)Nc2cc(C)cc(C)c2)cc1. The topological polar surface area (TPSA) is 46.5 Å². The molecule has 1 aliphatic heterocycles. The summed E-state index contributed by atoms with van der Waals surface area (Å²) in [4.78, 5) is 15.7. The largest absolute Gasteiger partial charge is 0.494 e. The second-order valence-electron chi connectivity index (χ2n) is 8.77. The molecular weight excluding hydrogens is 422 g/mol. The summed E-state index contributed by atoms with van der Waals surface area (Å²) in [6, 6.07) is 26.2. The Bertz CT molecular complexity index is 1300. The fraction of sp³-hybridized carbons (Fsp3) is 0.207. The number of rotatable bonds is 4. The van der Waals surface area contributed by atoms with E-state index in [0.717, 1.165) is 45.1 Å². The lowest BCUT2D eigenvalue weighted by atomic mass is 10.0. The average Bonchev–Trinajstić information content (AvgIpc) is 3.23. The van der Waals surface area contributed by atoms with E-state index in [1.807, 2.05) is 68.1 Å². The van der Waals surface area contributed by atoms with E-state index in [2.05, 4.69) is 52.5 Å². The molecule has 34 heavy (non-hydrogen) atoms. The molecule has 172 valence electrons. The van der Waals surface area contributed by atoms with E-state index in [-0.39, 0.29) is 12.1 Å². The first-order chi connectivity index (χ1) is 16.5. The Morgan fingerprint density at radius 1 is 0.971 bits per heavy atom. The summed E-state index contributed by atoms with van der Waals surface area (Å²) in [5.74, 6) is 0.824. The van der Waals surface area contributed by atoms with Gasteiger partial charge in [-0.2, -0.15) is 0 Å². The van der Waals surface area contributed by atoms with Gasteiger partial charge >= 0.3 is 6.03 Å². The third kappa shape index (κ3) is 4.17. The third-order valence-corrected chi connectivity index (χ3v) is 6.20. The van der Waals surface area contributed by atoms with E-state index in [9.17, 15) is 4.79 Å². The maximum absolute atomic E-state index is 13.8. The number of ether oxygens (including phenoxy) is 1. The molecule has 3 aromatic carbocycles. The standard InChI is InChI=1S/C29H29N3O2/c1-4-34-25-13-11-22(12-14-25)28-27-10-7-15-31(27)26-9-6-5-8-23(26)19-32(28)29(33)30-24-17-20(2)16-21(3)18-24/h5-18,28H,4,19H2,1-3H3,(H,30,33). The normalized spacial score (nSPS) is 14.7. The Kier molecular flexibility index (Phi) is 5.84. The molecule has 5 heteroatoms. The molecule has 5 nitrogen and oxygen atoms in total. The zero-order valence-corrected chi connectivity index (χ0v) is 19.8. The summed E-state index contributed by atoms with van der Waals surface area (Å²) in [5, 5.41) is 3.16. The highest BCUT2D eigenvalue weighted by atomic mass is 16.5. The maximum Gasteiger partial charge on any atom is 0.322 e. The minimum atomic E-state index is -0.260. The van der Waals surface area contributed by atoms with Crippen molar-refractivity contribution in [1.82, 2.24) is 9.47 Å². The number of amides is 2. The van der Waals surface area contributed by atoms with Crippen molar-refractivity contribution in [3.8, 4) is 11.4 Å². The van der Waals surface area contributed by atoms with Crippen molar-refractivity contribution < 1.29 is 9.53 Å². The molecule has 1 N–H and O–H groups in total. The Balaban J connectivity index is 1.60. The zero-order chi connectivity index (χ0) is 23.7. The average molecular weight is 452 g/mol. The minimum absolute atomic E-state index is 0.131. The van der Waals surface area contributed by atoms with Gasteiger partial charge in [0.1, 0.15) is 5.75 Å². The van der Waals surface area contributed by atoms with Crippen molar-refractivity contribution >= 4 is 11.7 Å². The molecule has 0 radical (unpaired) electrons. The van der Waals surface area contributed by atoms with Gasteiger partial charge in [-0.05, 0) is 85.5 Å². The van der Waals surface area contributed by atoms with Gasteiger partial charge in [0, 0.05) is 17.6 Å². The number of fused-ring (bicyclic) bond motifs is 3. The summed E-state index contributed by atoms with van der Waals surface area (Å²) < 4.78 is 7.85. The van der Waals surface area contributed by atoms with Crippen LogP contribution < -0.4 is 10.1 Å². The first kappa shape index (κ1) is 21.8. The first-order valence-electron chi connectivity index (χ1n) is 11.7. The third-order valence-electron chi connectivity index (χ3n) is 6.20. The van der Waals surface area contributed by atoms with Crippen molar-refractivity contribution in [3.05, 3.63) is 113 Å². The number of aryl methyl sites for hydroxylation is 2. The smallest absolute Gasteiger partial charge is 0.322 e. The van der Waals surface area contributed by atoms with Gasteiger partial charge in [-0.25, -0.2) is 4.79 Å². The van der Waals surface area contributed by atoms with Crippen LogP contribution >= 0.6 is 0 Å². The summed E-state index contributed by atoms with van der Waals surface area (Å²) in [6.07, 6.45) is 2.07. The molecule has 1 atom stereocenters. The Labute approximate surface area is 200 Å². The van der Waals surface area contributed by atoms with Crippen LogP contribution in [0.4, 0.5) is 10.5 Å². The van der Waals surface area contributed by atoms with Gasteiger partial charge in [0.15, 0.2) is 0 Å². The molecule has 2 heterocycles. The molecule has 5 rings (SSSR count). The van der Waals surface area contributed by atoms with Gasteiger partial charge < -0.3 is 19.5 Å². The molecule has 0 bridgehead atoms. The van der Waals surface area contributed by atoms with Crippen molar-refractivity contribution in [2.24, 2.45) is 0 Å². The van der Waals surface area contributed by atoms with Crippen LogP contribution in [-0.4, -0.2) is 22.1 Å². The van der Waals surface area contributed by atoms with Crippen LogP contribution in [0.15, 0.2) is 85.1 Å². The number of carbonyl (C=O) groups excluding carboxylic acids is 1. The van der Waals surface area contributed by atoms with E-state index < -0.39 is 0 Å². The van der Waals surface area contributed by atoms with E-state index in [1.165, 1.54) is 0 Å². The van der Waals surface area contributed by atoms with Crippen LogP contribution in [-0.2, 0) is 6.54 Å². The minimum Gasteiger partial charge on any atom is -0.494 e. The van der Waals surface area contributed by atoms with E-state index in [1.54, 1.807) is 0 Å². The van der Waals surface area contributed by atoms with Crippen molar-refractivity contribution in [2.45, 2.75) is 33.4 Å². The molecule has 1 aromatic heterocycles. The number of carbonyl (C=O) groups is 1. The van der Waals surface area contributed by atoms with E-state index in [0.29, 0.717) is 13.2 Å². The van der Waals surface area contributed by atoms with Gasteiger partial charge in [0.25, 0.3) is 0 Å². The second kappa shape index (κ2) is 9.10. The number of hydrogen-bond donors (Lipinski definition) is 1. The number of aromatic nitrogens is 1. The molecule has 0 saturated heterocycles. The zero-order valence-electron chi connectivity index (χ0n) is 19.8. The molecule has 0 aliphatic carbocycles. The van der Waals surface area contributed by atoms with Gasteiger partial charge in [-0.15, -0.1) is 0 Å². The highest BCUT2D eigenvalue weighted by Crippen LogP contribution is 2.37. The summed E-state index contributed by atoms with van der Waals surface area (Å²) in [5.41, 5.74) is 7.32. The van der Waals surface area contributed by atoms with E-state index >= 15 is 0 Å². The highest BCUT2D eigenvalue weighted by molar-refractivity contribution is 5.90. The molecule has 4 aromatic rings. The van der Waals surface area contributed by atoms with Crippen LogP contribution in [0.1, 0.15) is 40.9 Å². The van der Waals surface area contributed by atoms with Crippen LogP contribution in [0.2, 0.25) is 0 Å². The number of benzene rings is 3. The first-order valence-corrected chi connectivity index (χ1v) is 11.7. The molecule has 0 spiro atoms. The molecule has 1 unspecified atom stereocenters. The van der Waals surface area contributed by atoms with Gasteiger partial charge in [0.2, 0.25) is 0 Å². The monoisotopic (exact) mass is 451 g/mol. The molecular formula is C29H29N3O2. The number of anilines is 1. The Morgan fingerprint density at radius 3 is 2.44 bits per heavy atom. The molecule has 2 amide bonds. The Morgan fingerprint density at radius 2 is 1.71 bits per heavy atom. The number of hydrogen-bond acceptors (Lipinski definition) is 2. The highest BCUT2D eigenvalue weighted by Gasteiger charge is 2.33. The fourth-order valence-electron chi connectivity index (χ4n) is 4.85. The lowest BCUT2D eigenvalue weighted by Gasteiger charge is -2.31. The predicted molar refractivity (Wildman–Crippen MR) is 136 cm³/mol. The van der Waals surface area contributed by atoms with Gasteiger partial charge in [-0.3, -0.25) is 0 Å². The van der Waals surface area contributed by atoms with E-state index in [4.69, 9.17) is 4.74 Å². The van der Waals surface area contributed by atoms with Crippen molar-refractivity contribution in [3.63, 3.8) is 0 Å². The van der Waals surface area contributed by atoms with Crippen LogP contribution in [0.25, 0.3) is 5.69 Å². The summed E-state index contributed by atoms with van der Waals surface area (Å²) in [6.45, 7) is 7.17. The van der Waals surface area contributed by atoms with Crippen LogP contribution in [0.3, 0.4) is 0 Å². The molecule has 0 fully saturated rings. The van der Waals surface area contributed by atoms with Crippen molar-refractivity contribution in [2.75, 3.05) is 11.9 Å². The fourth-order valence-corrected chi connectivity index (χ4v) is 4.85. The number of nitrogens with one attached hydrogen (secondary N) is 1. The van der Waals surface area contributed by atoms with Gasteiger partial charge in [-0.1, -0.05) is 36.4 Å². The van der Waals surface area contributed by atoms with Crippen molar-refractivity contribution in [1.29, 1.82) is 0 Å². The predicted octanol–water partition coefficient (Wildman–Crippen LogP) is 6.63. The maximum atomic E-state index is 13.8. The molecule has 0 saturated carbocycles. The van der Waals surface area contributed by atoms with Gasteiger partial charge in [0.05, 0.1) is 24.9 Å². The lowest BCUT2D eigenvalue weighted by molar-refractivity contribution is 0.194. The Hall–Kier alpha value is -3.99. The number of para-hydroxylation sites is 1. The quantitative estimate of drug-likeness (QED) is 0.378. The summed E-state index contributed by atoms with van der Waals surface area (Å²) >= 11 is 0. The van der Waals surface area contributed by atoms with Crippen LogP contribution in [0.5, 0.6) is 5.75 Å². The number of nitrogens with zero attached hydrogens (tertiary/aromatic N) is 2.